The van der Waals surface area contributed by atoms with Crippen LogP contribution in [0.1, 0.15) is 5.89 Å². The third-order valence-corrected chi connectivity index (χ3v) is 4.74. The smallest absolute Gasteiger partial charge is 0.387 e. The van der Waals surface area contributed by atoms with Crippen molar-refractivity contribution in [3.05, 3.63) is 60.2 Å². The molecule has 0 spiro atoms. The zero-order chi connectivity index (χ0) is 20.2. The second-order valence-electron chi connectivity index (χ2n) is 6.63. The predicted molar refractivity (Wildman–Crippen MR) is 100 cm³/mol. The highest BCUT2D eigenvalue weighted by Crippen LogP contribution is 2.29. The number of piperazine rings is 1. The van der Waals surface area contributed by atoms with Gasteiger partial charge in [0, 0.05) is 31.9 Å². The fourth-order valence-corrected chi connectivity index (χ4v) is 3.29. The molecular formula is C20H19F3N4O2. The quantitative estimate of drug-likeness (QED) is 0.623. The summed E-state index contributed by atoms with van der Waals surface area (Å²) in [5.74, 6) is 0.367. The van der Waals surface area contributed by atoms with Gasteiger partial charge in [-0.25, -0.2) is 4.39 Å². The van der Waals surface area contributed by atoms with E-state index in [4.69, 9.17) is 4.52 Å². The molecule has 0 amide bonds. The van der Waals surface area contributed by atoms with Gasteiger partial charge in [0.1, 0.15) is 11.6 Å². The summed E-state index contributed by atoms with van der Waals surface area (Å²) in [6.45, 7) is 0.664. The number of ether oxygens (including phenoxy) is 1. The van der Waals surface area contributed by atoms with Gasteiger partial charge in [0.2, 0.25) is 11.7 Å². The number of nitrogens with zero attached hydrogens (tertiary/aromatic N) is 4. The van der Waals surface area contributed by atoms with Crippen LogP contribution in [0.25, 0.3) is 11.4 Å². The number of halogens is 3. The SMILES string of the molecule is Fc1ccc(N2CCN(Cc3nc(-c4ccccc4OC(F)F)no3)CC2)cc1. The molecule has 29 heavy (non-hydrogen) atoms. The Kier molecular flexibility index (Phi) is 5.66. The second kappa shape index (κ2) is 8.52. The molecule has 0 radical (unpaired) electrons. The maximum Gasteiger partial charge on any atom is 0.387 e. The van der Waals surface area contributed by atoms with Crippen molar-refractivity contribution in [1.29, 1.82) is 0 Å². The molecule has 0 N–H and O–H groups in total. The molecule has 2 aromatic carbocycles. The van der Waals surface area contributed by atoms with E-state index in [-0.39, 0.29) is 17.4 Å². The number of para-hydroxylation sites is 1. The standard InChI is InChI=1S/C20H19F3N4O2/c21-14-5-7-15(8-6-14)27-11-9-26(10-12-27)13-18-24-19(25-29-18)16-3-1-2-4-17(16)28-20(22)23/h1-8,20H,9-13H2. The molecule has 0 atom stereocenters. The molecule has 4 rings (SSSR count). The number of rotatable bonds is 6. The van der Waals surface area contributed by atoms with Crippen molar-refractivity contribution >= 4 is 5.69 Å². The van der Waals surface area contributed by atoms with E-state index < -0.39 is 6.61 Å². The molecule has 0 bridgehead atoms. The van der Waals surface area contributed by atoms with E-state index in [1.54, 1.807) is 30.3 Å². The molecule has 3 aromatic rings. The van der Waals surface area contributed by atoms with Gasteiger partial charge >= 0.3 is 6.61 Å². The average molecular weight is 404 g/mol. The zero-order valence-corrected chi connectivity index (χ0v) is 15.5. The summed E-state index contributed by atoms with van der Waals surface area (Å²) in [5, 5.41) is 3.91. The Bertz CT molecular complexity index is 941. The summed E-state index contributed by atoms with van der Waals surface area (Å²) in [6, 6.07) is 12.8. The fourth-order valence-electron chi connectivity index (χ4n) is 3.29. The lowest BCUT2D eigenvalue weighted by Gasteiger charge is -2.35. The van der Waals surface area contributed by atoms with Crippen molar-refractivity contribution < 1.29 is 22.4 Å². The second-order valence-corrected chi connectivity index (χ2v) is 6.63. The molecule has 1 fully saturated rings. The highest BCUT2D eigenvalue weighted by Gasteiger charge is 2.21. The van der Waals surface area contributed by atoms with Gasteiger partial charge in [-0.1, -0.05) is 17.3 Å². The third-order valence-electron chi connectivity index (χ3n) is 4.74. The van der Waals surface area contributed by atoms with Crippen LogP contribution in [0, 0.1) is 5.82 Å². The monoisotopic (exact) mass is 404 g/mol. The largest absolute Gasteiger partial charge is 0.434 e. The Balaban J connectivity index is 1.37. The molecule has 152 valence electrons. The van der Waals surface area contributed by atoms with Crippen LogP contribution in [0.5, 0.6) is 5.75 Å². The fraction of sp³-hybridized carbons (Fsp3) is 0.300. The Morgan fingerprint density at radius 3 is 2.45 bits per heavy atom. The van der Waals surface area contributed by atoms with E-state index >= 15 is 0 Å². The molecule has 0 aliphatic carbocycles. The topological polar surface area (TPSA) is 54.6 Å². The van der Waals surface area contributed by atoms with Gasteiger partial charge in [-0.05, 0) is 36.4 Å². The molecule has 0 unspecified atom stereocenters. The van der Waals surface area contributed by atoms with Gasteiger partial charge in [-0.2, -0.15) is 13.8 Å². The first kappa shape index (κ1) is 19.3. The zero-order valence-electron chi connectivity index (χ0n) is 15.5. The van der Waals surface area contributed by atoms with Crippen LogP contribution in [0.2, 0.25) is 0 Å². The van der Waals surface area contributed by atoms with Gasteiger partial charge in [0.05, 0.1) is 12.1 Å². The molecule has 1 saturated heterocycles. The van der Waals surface area contributed by atoms with Gasteiger partial charge in [0.25, 0.3) is 0 Å². The first-order valence-electron chi connectivity index (χ1n) is 9.18. The highest BCUT2D eigenvalue weighted by atomic mass is 19.3. The van der Waals surface area contributed by atoms with Crippen LogP contribution < -0.4 is 9.64 Å². The molecule has 6 nitrogen and oxygen atoms in total. The molecule has 1 aromatic heterocycles. The van der Waals surface area contributed by atoms with Crippen LogP contribution in [0.4, 0.5) is 18.9 Å². The van der Waals surface area contributed by atoms with Crippen LogP contribution in [0.3, 0.4) is 0 Å². The highest BCUT2D eigenvalue weighted by molar-refractivity contribution is 5.63. The molecule has 9 heteroatoms. The number of hydrogen-bond donors (Lipinski definition) is 0. The Morgan fingerprint density at radius 1 is 1.00 bits per heavy atom. The maximum atomic E-state index is 13.1. The van der Waals surface area contributed by atoms with Crippen LogP contribution in [0.15, 0.2) is 53.1 Å². The molecule has 1 aliphatic rings. The Labute approximate surface area is 165 Å². The average Bonchev–Trinajstić information content (AvgIpc) is 3.17. The van der Waals surface area contributed by atoms with Crippen molar-refractivity contribution in [2.45, 2.75) is 13.2 Å². The lowest BCUT2D eigenvalue weighted by molar-refractivity contribution is -0.0494. The lowest BCUT2D eigenvalue weighted by atomic mass is 10.2. The van der Waals surface area contributed by atoms with Crippen molar-refractivity contribution in [2.75, 3.05) is 31.1 Å². The first-order chi connectivity index (χ1) is 14.1. The van der Waals surface area contributed by atoms with E-state index in [2.05, 4.69) is 24.7 Å². The number of hydrogen-bond acceptors (Lipinski definition) is 6. The Hall–Kier alpha value is -3.07. The van der Waals surface area contributed by atoms with Crippen LogP contribution >= 0.6 is 0 Å². The minimum absolute atomic E-state index is 0.00256. The van der Waals surface area contributed by atoms with Gasteiger partial charge in [-0.3, -0.25) is 4.90 Å². The van der Waals surface area contributed by atoms with E-state index in [1.165, 1.54) is 18.2 Å². The van der Waals surface area contributed by atoms with Crippen molar-refractivity contribution in [3.8, 4) is 17.1 Å². The normalized spacial score (nSPS) is 15.1. The van der Waals surface area contributed by atoms with Crippen molar-refractivity contribution in [2.24, 2.45) is 0 Å². The van der Waals surface area contributed by atoms with Crippen molar-refractivity contribution in [3.63, 3.8) is 0 Å². The summed E-state index contributed by atoms with van der Waals surface area (Å²) < 4.78 is 48.1. The summed E-state index contributed by atoms with van der Waals surface area (Å²) in [7, 11) is 0. The maximum absolute atomic E-state index is 13.1. The van der Waals surface area contributed by atoms with Crippen LogP contribution in [-0.4, -0.2) is 47.8 Å². The van der Waals surface area contributed by atoms with Gasteiger partial charge in [0.15, 0.2) is 0 Å². The van der Waals surface area contributed by atoms with E-state index in [0.29, 0.717) is 18.0 Å². The third kappa shape index (κ3) is 4.68. The number of aromatic nitrogens is 2. The number of alkyl halides is 2. The minimum atomic E-state index is -2.93. The molecule has 0 saturated carbocycles. The van der Waals surface area contributed by atoms with Crippen molar-refractivity contribution in [1.82, 2.24) is 15.0 Å². The van der Waals surface area contributed by atoms with E-state index in [9.17, 15) is 13.2 Å². The molecule has 2 heterocycles. The van der Waals surface area contributed by atoms with E-state index in [0.717, 1.165) is 31.9 Å². The molecular weight excluding hydrogens is 385 g/mol. The summed E-state index contributed by atoms with van der Waals surface area (Å²) in [4.78, 5) is 8.68. The van der Waals surface area contributed by atoms with E-state index in [1.807, 2.05) is 0 Å². The molecule has 1 aliphatic heterocycles. The lowest BCUT2D eigenvalue weighted by Crippen LogP contribution is -2.46. The predicted octanol–water partition coefficient (Wildman–Crippen LogP) is 3.80. The van der Waals surface area contributed by atoms with Crippen LogP contribution in [-0.2, 0) is 6.54 Å². The summed E-state index contributed by atoms with van der Waals surface area (Å²) >= 11 is 0. The minimum Gasteiger partial charge on any atom is -0.434 e. The number of anilines is 1. The number of benzene rings is 2. The van der Waals surface area contributed by atoms with Gasteiger partial charge < -0.3 is 14.2 Å². The summed E-state index contributed by atoms with van der Waals surface area (Å²) in [6.07, 6.45) is 0. The van der Waals surface area contributed by atoms with Gasteiger partial charge in [-0.15, -0.1) is 0 Å². The first-order valence-corrected chi connectivity index (χ1v) is 9.18. The Morgan fingerprint density at radius 2 is 1.72 bits per heavy atom. The summed E-state index contributed by atoms with van der Waals surface area (Å²) in [5.41, 5.74) is 1.34.